The molecule has 1 heterocycles. The average Bonchev–Trinajstić information content (AvgIpc) is 3.05. The number of hydrogen-bond acceptors (Lipinski definition) is 6. The molecular weight excluding hydrogens is 329 g/mol. The molecule has 0 radical (unpaired) electrons. The molecule has 0 spiro atoms. The van der Waals surface area contributed by atoms with E-state index in [1.165, 1.54) is 25.3 Å². The van der Waals surface area contributed by atoms with Crippen LogP contribution < -0.4 is 9.64 Å². The standard InChI is InChI=1S/C17H22FN3O4/c1-5-20(2)8-9-21(3)16-14(17(22)23)15(25-19-16)11-6-7-12(18)13(10-11)24-4/h6-7,10H,5,8-9H2,1-4H3,(H,22,23). The van der Waals surface area contributed by atoms with Crippen LogP contribution in [0, 0.1) is 5.82 Å². The van der Waals surface area contributed by atoms with Crippen LogP contribution in [0.25, 0.3) is 11.3 Å². The largest absolute Gasteiger partial charge is 0.494 e. The smallest absolute Gasteiger partial charge is 0.343 e. The number of aromatic carboxylic acids is 1. The van der Waals surface area contributed by atoms with Gasteiger partial charge in [-0.25, -0.2) is 9.18 Å². The van der Waals surface area contributed by atoms with Gasteiger partial charge < -0.3 is 24.2 Å². The molecule has 8 heteroatoms. The van der Waals surface area contributed by atoms with E-state index in [1.807, 2.05) is 14.0 Å². The van der Waals surface area contributed by atoms with E-state index in [-0.39, 0.29) is 22.9 Å². The Morgan fingerprint density at radius 2 is 2.08 bits per heavy atom. The van der Waals surface area contributed by atoms with Gasteiger partial charge in [0.1, 0.15) is 0 Å². The van der Waals surface area contributed by atoms with Gasteiger partial charge in [0.25, 0.3) is 0 Å². The fraction of sp³-hybridized carbons (Fsp3) is 0.412. The Hall–Kier alpha value is -2.61. The zero-order chi connectivity index (χ0) is 18.6. The molecule has 2 rings (SSSR count). The van der Waals surface area contributed by atoms with Crippen LogP contribution in [-0.4, -0.2) is 62.0 Å². The topological polar surface area (TPSA) is 79.0 Å². The summed E-state index contributed by atoms with van der Waals surface area (Å²) in [6.07, 6.45) is 0. The number of carboxylic acids is 1. The van der Waals surface area contributed by atoms with Crippen LogP contribution in [-0.2, 0) is 0 Å². The predicted octanol–water partition coefficient (Wildman–Crippen LogP) is 2.58. The number of nitrogens with zero attached hydrogens (tertiary/aromatic N) is 3. The van der Waals surface area contributed by atoms with Gasteiger partial charge in [-0.15, -0.1) is 0 Å². The Bertz CT molecular complexity index is 747. The van der Waals surface area contributed by atoms with Crippen LogP contribution in [0.2, 0.25) is 0 Å². The maximum absolute atomic E-state index is 13.6. The van der Waals surface area contributed by atoms with Crippen molar-refractivity contribution in [2.24, 2.45) is 0 Å². The van der Waals surface area contributed by atoms with Crippen molar-refractivity contribution in [3.8, 4) is 17.1 Å². The van der Waals surface area contributed by atoms with Crippen LogP contribution in [0.3, 0.4) is 0 Å². The van der Waals surface area contributed by atoms with Crippen molar-refractivity contribution in [1.29, 1.82) is 0 Å². The van der Waals surface area contributed by atoms with Gasteiger partial charge in [0, 0.05) is 25.7 Å². The third-order valence-corrected chi connectivity index (χ3v) is 4.02. The van der Waals surface area contributed by atoms with Gasteiger partial charge in [-0.2, -0.15) is 0 Å². The second-order valence-electron chi connectivity index (χ2n) is 5.68. The zero-order valence-electron chi connectivity index (χ0n) is 14.7. The van der Waals surface area contributed by atoms with Crippen molar-refractivity contribution >= 4 is 11.8 Å². The van der Waals surface area contributed by atoms with Crippen LogP contribution in [0.15, 0.2) is 22.7 Å². The first-order chi connectivity index (χ1) is 11.9. The lowest BCUT2D eigenvalue weighted by Crippen LogP contribution is -2.31. The molecule has 0 amide bonds. The second kappa shape index (κ2) is 7.98. The third-order valence-electron chi connectivity index (χ3n) is 4.02. The number of carboxylic acid groups (broad SMARTS) is 1. The number of halogens is 1. The van der Waals surface area contributed by atoms with E-state index in [0.29, 0.717) is 12.1 Å². The lowest BCUT2D eigenvalue weighted by Gasteiger charge is -2.20. The van der Waals surface area contributed by atoms with Gasteiger partial charge in [-0.3, -0.25) is 0 Å². The summed E-state index contributed by atoms with van der Waals surface area (Å²) < 4.78 is 23.8. The average molecular weight is 351 g/mol. The zero-order valence-corrected chi connectivity index (χ0v) is 14.7. The molecule has 2 aromatic rings. The van der Waals surface area contributed by atoms with E-state index in [9.17, 15) is 14.3 Å². The Morgan fingerprint density at radius 3 is 2.68 bits per heavy atom. The van der Waals surface area contributed by atoms with Crippen LogP contribution in [0.1, 0.15) is 17.3 Å². The van der Waals surface area contributed by atoms with Crippen LogP contribution >= 0.6 is 0 Å². The molecule has 0 bridgehead atoms. The molecule has 7 nitrogen and oxygen atoms in total. The van der Waals surface area contributed by atoms with E-state index < -0.39 is 11.8 Å². The fourth-order valence-corrected chi connectivity index (χ4v) is 2.32. The highest BCUT2D eigenvalue weighted by Crippen LogP contribution is 2.33. The van der Waals surface area contributed by atoms with E-state index in [4.69, 9.17) is 9.26 Å². The lowest BCUT2D eigenvalue weighted by molar-refractivity contribution is 0.0698. The minimum atomic E-state index is -1.16. The van der Waals surface area contributed by atoms with E-state index in [1.54, 1.807) is 11.9 Å². The number of aromatic nitrogens is 1. The summed E-state index contributed by atoms with van der Waals surface area (Å²) in [4.78, 5) is 15.6. The number of carbonyl (C=O) groups is 1. The summed E-state index contributed by atoms with van der Waals surface area (Å²) >= 11 is 0. The first kappa shape index (κ1) is 18.7. The monoisotopic (exact) mass is 351 g/mol. The normalized spacial score (nSPS) is 11.0. The van der Waals surface area contributed by atoms with Crippen molar-refractivity contribution in [2.45, 2.75) is 6.92 Å². The summed E-state index contributed by atoms with van der Waals surface area (Å²) in [5, 5.41) is 13.5. The molecule has 1 aromatic carbocycles. The molecule has 25 heavy (non-hydrogen) atoms. The minimum Gasteiger partial charge on any atom is -0.494 e. The molecule has 1 N–H and O–H groups in total. The maximum Gasteiger partial charge on any atom is 0.343 e. The van der Waals surface area contributed by atoms with Gasteiger partial charge in [0.05, 0.1) is 7.11 Å². The van der Waals surface area contributed by atoms with Crippen LogP contribution in [0.4, 0.5) is 10.2 Å². The summed E-state index contributed by atoms with van der Waals surface area (Å²) in [6, 6.07) is 4.01. The Labute approximate surface area is 145 Å². The Balaban J connectivity index is 2.38. The number of hydrogen-bond donors (Lipinski definition) is 1. The van der Waals surface area contributed by atoms with Crippen molar-refractivity contribution in [1.82, 2.24) is 10.1 Å². The molecule has 0 saturated heterocycles. The van der Waals surface area contributed by atoms with E-state index in [2.05, 4.69) is 10.1 Å². The molecule has 0 unspecified atom stereocenters. The fourth-order valence-electron chi connectivity index (χ4n) is 2.32. The highest BCUT2D eigenvalue weighted by Gasteiger charge is 2.26. The maximum atomic E-state index is 13.6. The van der Waals surface area contributed by atoms with Gasteiger partial charge >= 0.3 is 5.97 Å². The molecule has 0 saturated carbocycles. The first-order valence-electron chi connectivity index (χ1n) is 7.85. The van der Waals surface area contributed by atoms with E-state index >= 15 is 0 Å². The summed E-state index contributed by atoms with van der Waals surface area (Å²) in [6.45, 7) is 4.26. The Morgan fingerprint density at radius 1 is 1.36 bits per heavy atom. The molecule has 0 aliphatic heterocycles. The van der Waals surface area contributed by atoms with Gasteiger partial charge in [-0.05, 0) is 31.8 Å². The number of benzene rings is 1. The number of rotatable bonds is 8. The molecular formula is C17H22FN3O4. The molecule has 1 aromatic heterocycles. The van der Waals surface area contributed by atoms with Crippen molar-refractivity contribution in [3.63, 3.8) is 0 Å². The number of ether oxygens (including phenoxy) is 1. The summed E-state index contributed by atoms with van der Waals surface area (Å²) in [5.74, 6) is -1.40. The minimum absolute atomic E-state index is 0.00436. The highest BCUT2D eigenvalue weighted by atomic mass is 19.1. The van der Waals surface area contributed by atoms with Crippen molar-refractivity contribution in [2.75, 3.05) is 45.7 Å². The van der Waals surface area contributed by atoms with E-state index in [0.717, 1.165) is 13.1 Å². The summed E-state index contributed by atoms with van der Waals surface area (Å²) in [7, 11) is 5.07. The number of anilines is 1. The Kier molecular flexibility index (Phi) is 5.97. The molecule has 0 fully saturated rings. The van der Waals surface area contributed by atoms with Crippen molar-refractivity contribution in [3.05, 3.63) is 29.6 Å². The molecule has 0 atom stereocenters. The van der Waals surface area contributed by atoms with Gasteiger partial charge in [-0.1, -0.05) is 12.1 Å². The van der Waals surface area contributed by atoms with Crippen molar-refractivity contribution < 1.29 is 23.6 Å². The third kappa shape index (κ3) is 4.08. The second-order valence-corrected chi connectivity index (χ2v) is 5.68. The molecule has 0 aliphatic carbocycles. The number of methoxy groups -OCH3 is 1. The molecule has 136 valence electrons. The predicted molar refractivity (Wildman–Crippen MR) is 91.8 cm³/mol. The number of likely N-dealkylation sites (N-methyl/N-ethyl adjacent to an activating group) is 2. The molecule has 0 aliphatic rings. The lowest BCUT2D eigenvalue weighted by atomic mass is 10.1. The van der Waals surface area contributed by atoms with Gasteiger partial charge in [0.15, 0.2) is 28.7 Å². The highest BCUT2D eigenvalue weighted by molar-refractivity contribution is 5.99. The SMILES string of the molecule is CCN(C)CCN(C)c1noc(-c2ccc(F)c(OC)c2)c1C(=O)O. The van der Waals surface area contributed by atoms with Crippen LogP contribution in [0.5, 0.6) is 5.75 Å². The summed E-state index contributed by atoms with van der Waals surface area (Å²) in [5.41, 5.74) is 0.323. The van der Waals surface area contributed by atoms with Gasteiger partial charge in [0.2, 0.25) is 0 Å². The first-order valence-corrected chi connectivity index (χ1v) is 7.85. The quantitative estimate of drug-likeness (QED) is 0.783.